The summed E-state index contributed by atoms with van der Waals surface area (Å²) in [6.45, 7) is 3.63. The van der Waals surface area contributed by atoms with Crippen LogP contribution in [0.5, 0.6) is 0 Å². The maximum absolute atomic E-state index is 12.4. The standard InChI is InChI=1S/C24H25N3O2S/c1-17-8-10-18(11-9-17)15-25-23(28)24(29)26-16-21(22-7-4-14-30-22)27-13-12-19-5-2-3-6-20(19)27/h2-11,14,21H,12-13,15-16H2,1H3,(H,25,28)(H,26,29)/t21-/m1/s1. The number of nitrogens with one attached hydrogen (secondary N) is 2. The molecule has 1 atom stereocenters. The molecule has 0 saturated carbocycles. The molecule has 0 radical (unpaired) electrons. The number of benzene rings is 2. The van der Waals surface area contributed by atoms with E-state index >= 15 is 0 Å². The third kappa shape index (κ3) is 4.54. The normalized spacial score (nSPS) is 13.6. The number of thiophene rings is 1. The summed E-state index contributed by atoms with van der Waals surface area (Å²) < 4.78 is 0. The second kappa shape index (κ2) is 9.13. The summed E-state index contributed by atoms with van der Waals surface area (Å²) in [6.07, 6.45) is 0.989. The van der Waals surface area contributed by atoms with Gasteiger partial charge in [0.05, 0.1) is 6.04 Å². The first-order valence-electron chi connectivity index (χ1n) is 10.1. The molecule has 0 fully saturated rings. The Hall–Kier alpha value is -3.12. The van der Waals surface area contributed by atoms with Crippen molar-refractivity contribution >= 4 is 28.8 Å². The molecule has 154 valence electrons. The molecular weight excluding hydrogens is 394 g/mol. The minimum atomic E-state index is -0.609. The van der Waals surface area contributed by atoms with Gasteiger partial charge in [0.25, 0.3) is 0 Å². The quantitative estimate of drug-likeness (QED) is 0.600. The zero-order valence-corrected chi connectivity index (χ0v) is 17.7. The van der Waals surface area contributed by atoms with Crippen LogP contribution < -0.4 is 15.5 Å². The van der Waals surface area contributed by atoms with Gasteiger partial charge in [-0.1, -0.05) is 54.1 Å². The molecule has 0 spiro atoms. The van der Waals surface area contributed by atoms with E-state index in [1.807, 2.05) is 48.7 Å². The van der Waals surface area contributed by atoms with Crippen LogP contribution in [0.2, 0.25) is 0 Å². The number of carbonyl (C=O) groups is 2. The summed E-state index contributed by atoms with van der Waals surface area (Å²) in [5.41, 5.74) is 4.65. The molecule has 1 aromatic heterocycles. The zero-order chi connectivity index (χ0) is 20.9. The van der Waals surface area contributed by atoms with E-state index in [2.05, 4.69) is 39.8 Å². The average Bonchev–Trinajstić information content (AvgIpc) is 3.44. The number of anilines is 1. The van der Waals surface area contributed by atoms with Crippen molar-refractivity contribution in [3.63, 3.8) is 0 Å². The van der Waals surface area contributed by atoms with Crippen LogP contribution >= 0.6 is 11.3 Å². The Morgan fingerprint density at radius 3 is 2.53 bits per heavy atom. The smallest absolute Gasteiger partial charge is 0.309 e. The molecule has 2 N–H and O–H groups in total. The molecule has 0 bridgehead atoms. The van der Waals surface area contributed by atoms with Crippen molar-refractivity contribution in [2.75, 3.05) is 18.0 Å². The molecule has 3 aromatic rings. The van der Waals surface area contributed by atoms with E-state index < -0.39 is 11.8 Å². The van der Waals surface area contributed by atoms with Crippen LogP contribution in [0.3, 0.4) is 0 Å². The highest BCUT2D eigenvalue weighted by Crippen LogP contribution is 2.36. The lowest BCUT2D eigenvalue weighted by atomic mass is 10.1. The third-order valence-electron chi connectivity index (χ3n) is 5.41. The molecule has 30 heavy (non-hydrogen) atoms. The van der Waals surface area contributed by atoms with E-state index in [0.717, 1.165) is 24.1 Å². The van der Waals surface area contributed by atoms with Crippen molar-refractivity contribution in [3.8, 4) is 0 Å². The molecule has 0 saturated heterocycles. The number of fused-ring (bicyclic) bond motifs is 1. The minimum absolute atomic E-state index is 0.00231. The molecule has 6 heteroatoms. The molecular formula is C24H25N3O2S. The van der Waals surface area contributed by atoms with Gasteiger partial charge in [-0.25, -0.2) is 0 Å². The lowest BCUT2D eigenvalue weighted by molar-refractivity contribution is -0.139. The fourth-order valence-corrected chi connectivity index (χ4v) is 4.61. The van der Waals surface area contributed by atoms with Crippen molar-refractivity contribution in [2.45, 2.75) is 25.9 Å². The van der Waals surface area contributed by atoms with Gasteiger partial charge in [0.15, 0.2) is 0 Å². The third-order valence-corrected chi connectivity index (χ3v) is 6.38. The fraction of sp³-hybridized carbons (Fsp3) is 0.250. The van der Waals surface area contributed by atoms with Crippen molar-refractivity contribution in [2.24, 2.45) is 0 Å². The number of hydrogen-bond acceptors (Lipinski definition) is 4. The lowest BCUT2D eigenvalue weighted by Gasteiger charge is -2.30. The first-order chi connectivity index (χ1) is 14.6. The van der Waals surface area contributed by atoms with Crippen LogP contribution in [0.4, 0.5) is 5.69 Å². The van der Waals surface area contributed by atoms with E-state index in [9.17, 15) is 9.59 Å². The van der Waals surface area contributed by atoms with Gasteiger partial charge in [-0.2, -0.15) is 0 Å². The molecule has 2 aromatic carbocycles. The zero-order valence-electron chi connectivity index (χ0n) is 16.9. The van der Waals surface area contributed by atoms with E-state index in [1.54, 1.807) is 11.3 Å². The number of amides is 2. The van der Waals surface area contributed by atoms with Gasteiger partial charge in [-0.3, -0.25) is 9.59 Å². The largest absolute Gasteiger partial charge is 0.361 e. The second-order valence-corrected chi connectivity index (χ2v) is 8.46. The van der Waals surface area contributed by atoms with Gasteiger partial charge in [0, 0.05) is 30.2 Å². The SMILES string of the molecule is Cc1ccc(CNC(=O)C(=O)NC[C@H](c2cccs2)N2CCc3ccccc32)cc1. The number of carbonyl (C=O) groups excluding carboxylic acids is 2. The van der Waals surface area contributed by atoms with Crippen LogP contribution in [0, 0.1) is 6.92 Å². The maximum atomic E-state index is 12.4. The Labute approximate surface area is 180 Å². The molecule has 2 heterocycles. The lowest BCUT2D eigenvalue weighted by Crippen LogP contribution is -2.43. The monoisotopic (exact) mass is 419 g/mol. The van der Waals surface area contributed by atoms with Crippen LogP contribution in [-0.2, 0) is 22.6 Å². The highest BCUT2D eigenvalue weighted by molar-refractivity contribution is 7.10. The van der Waals surface area contributed by atoms with Gasteiger partial charge in [-0.05, 0) is 42.0 Å². The summed E-state index contributed by atoms with van der Waals surface area (Å²) in [6, 6.07) is 20.4. The highest BCUT2D eigenvalue weighted by atomic mass is 32.1. The molecule has 1 aliphatic rings. The highest BCUT2D eigenvalue weighted by Gasteiger charge is 2.28. The van der Waals surface area contributed by atoms with E-state index in [0.29, 0.717) is 13.1 Å². The van der Waals surface area contributed by atoms with Gasteiger partial charge in [-0.15, -0.1) is 11.3 Å². The summed E-state index contributed by atoms with van der Waals surface area (Å²) in [7, 11) is 0. The second-order valence-electron chi connectivity index (χ2n) is 7.48. The maximum Gasteiger partial charge on any atom is 0.309 e. The average molecular weight is 420 g/mol. The molecule has 2 amide bonds. The van der Waals surface area contributed by atoms with Gasteiger partial charge in [0.1, 0.15) is 0 Å². The first-order valence-corrected chi connectivity index (χ1v) is 11.0. The summed E-state index contributed by atoms with van der Waals surface area (Å²) >= 11 is 1.67. The van der Waals surface area contributed by atoms with Crippen LogP contribution in [-0.4, -0.2) is 24.9 Å². The number of aryl methyl sites for hydroxylation is 1. The fourth-order valence-electron chi connectivity index (χ4n) is 3.77. The van der Waals surface area contributed by atoms with Crippen LogP contribution in [0.1, 0.15) is 27.6 Å². The molecule has 0 aliphatic carbocycles. The summed E-state index contributed by atoms with van der Waals surface area (Å²) in [5, 5.41) is 7.58. The van der Waals surface area contributed by atoms with E-state index in [1.165, 1.54) is 16.1 Å². The topological polar surface area (TPSA) is 61.4 Å². The molecule has 0 unspecified atom stereocenters. The molecule has 4 rings (SSSR count). The van der Waals surface area contributed by atoms with Crippen molar-refractivity contribution in [3.05, 3.63) is 87.6 Å². The van der Waals surface area contributed by atoms with Crippen LogP contribution in [0.25, 0.3) is 0 Å². The predicted octanol–water partition coefficient (Wildman–Crippen LogP) is 3.59. The summed E-state index contributed by atoms with van der Waals surface area (Å²) in [5.74, 6) is -1.21. The predicted molar refractivity (Wildman–Crippen MR) is 121 cm³/mol. The van der Waals surface area contributed by atoms with Crippen LogP contribution in [0.15, 0.2) is 66.0 Å². The molecule has 1 aliphatic heterocycles. The number of hydrogen-bond donors (Lipinski definition) is 2. The minimum Gasteiger partial charge on any atom is -0.361 e. The van der Waals surface area contributed by atoms with E-state index in [4.69, 9.17) is 0 Å². The molecule has 5 nitrogen and oxygen atoms in total. The summed E-state index contributed by atoms with van der Waals surface area (Å²) in [4.78, 5) is 28.2. The number of rotatable bonds is 6. The Bertz CT molecular complexity index is 1020. The van der Waals surface area contributed by atoms with E-state index in [-0.39, 0.29) is 6.04 Å². The van der Waals surface area contributed by atoms with Crippen molar-refractivity contribution in [1.82, 2.24) is 10.6 Å². The van der Waals surface area contributed by atoms with Crippen molar-refractivity contribution < 1.29 is 9.59 Å². The Kier molecular flexibility index (Phi) is 6.14. The Morgan fingerprint density at radius 2 is 1.77 bits per heavy atom. The van der Waals surface area contributed by atoms with Gasteiger partial charge in [0.2, 0.25) is 0 Å². The number of nitrogens with zero attached hydrogens (tertiary/aromatic N) is 1. The number of para-hydroxylation sites is 1. The Morgan fingerprint density at radius 1 is 1.00 bits per heavy atom. The van der Waals surface area contributed by atoms with Gasteiger partial charge >= 0.3 is 11.8 Å². The first kappa shape index (κ1) is 20.2. The Balaban J connectivity index is 1.38. The van der Waals surface area contributed by atoms with Crippen molar-refractivity contribution in [1.29, 1.82) is 0 Å². The van der Waals surface area contributed by atoms with Gasteiger partial charge < -0.3 is 15.5 Å².